The number of nitrogens with zero attached hydrogens (tertiary/aromatic N) is 1. The smallest absolute Gasteiger partial charge is 0.138 e. The minimum Gasteiger partial charge on any atom is -0.506 e. The molecule has 6 N–H and O–H groups in total. The van der Waals surface area contributed by atoms with Crippen molar-refractivity contribution in [2.45, 2.75) is 0 Å². The van der Waals surface area contributed by atoms with Gasteiger partial charge >= 0.3 is 0 Å². The van der Waals surface area contributed by atoms with Crippen molar-refractivity contribution in [3.8, 4) is 11.5 Å². The molecule has 5 heteroatoms. The van der Waals surface area contributed by atoms with Crippen LogP contribution in [0.3, 0.4) is 0 Å². The lowest BCUT2D eigenvalue weighted by atomic mass is 10.1. The van der Waals surface area contributed by atoms with Gasteiger partial charge in [0.2, 0.25) is 0 Å². The van der Waals surface area contributed by atoms with Gasteiger partial charge in [0.25, 0.3) is 0 Å². The fraction of sp³-hybridized carbons (Fsp3) is 0. The Morgan fingerprint density at radius 3 is 1.52 bits per heavy atom. The third-order valence-electron chi connectivity index (χ3n) is 3.55. The van der Waals surface area contributed by atoms with E-state index in [0.29, 0.717) is 0 Å². The van der Waals surface area contributed by atoms with Gasteiger partial charge < -0.3 is 26.6 Å². The van der Waals surface area contributed by atoms with Crippen LogP contribution < -0.4 is 16.4 Å². The minimum absolute atomic E-state index is 0.0342. The molecular weight excluding hydrogens is 290 g/mol. The third kappa shape index (κ3) is 2.85. The maximum absolute atomic E-state index is 9.65. The lowest BCUT2D eigenvalue weighted by Crippen LogP contribution is -2.10. The Balaban J connectivity index is 2.17. The lowest BCUT2D eigenvalue weighted by Gasteiger charge is -2.26. The van der Waals surface area contributed by atoms with Gasteiger partial charge in [-0.3, -0.25) is 0 Å². The molecule has 116 valence electrons. The van der Waals surface area contributed by atoms with E-state index in [1.807, 2.05) is 35.2 Å². The fourth-order valence-corrected chi connectivity index (χ4v) is 2.39. The number of phenols is 2. The van der Waals surface area contributed by atoms with Gasteiger partial charge in [-0.2, -0.15) is 0 Å². The summed E-state index contributed by atoms with van der Waals surface area (Å²) in [5.41, 5.74) is 14.7. The molecule has 0 spiro atoms. The van der Waals surface area contributed by atoms with E-state index in [2.05, 4.69) is 0 Å². The molecule has 0 amide bonds. The predicted octanol–water partition coefficient (Wildman–Crippen LogP) is 3.73. The Kier molecular flexibility index (Phi) is 3.68. The first-order chi connectivity index (χ1) is 11.1. The lowest BCUT2D eigenvalue weighted by molar-refractivity contribution is 0.477. The summed E-state index contributed by atoms with van der Waals surface area (Å²) in [6.45, 7) is 0. The van der Waals surface area contributed by atoms with Crippen molar-refractivity contribution in [3.05, 3.63) is 66.7 Å². The number of anilines is 5. The van der Waals surface area contributed by atoms with E-state index < -0.39 is 0 Å². The number of para-hydroxylation sites is 1. The van der Waals surface area contributed by atoms with Crippen LogP contribution in [0.1, 0.15) is 0 Å². The van der Waals surface area contributed by atoms with Gasteiger partial charge in [-0.1, -0.05) is 18.2 Å². The highest BCUT2D eigenvalue weighted by molar-refractivity contribution is 5.81. The average Bonchev–Trinajstić information content (AvgIpc) is 2.55. The number of rotatable bonds is 3. The maximum atomic E-state index is 9.65. The highest BCUT2D eigenvalue weighted by Gasteiger charge is 2.14. The molecule has 0 heterocycles. The molecule has 0 aliphatic heterocycles. The van der Waals surface area contributed by atoms with Crippen molar-refractivity contribution in [1.29, 1.82) is 0 Å². The van der Waals surface area contributed by atoms with Gasteiger partial charge in [-0.15, -0.1) is 0 Å². The maximum Gasteiger partial charge on any atom is 0.138 e. The Morgan fingerprint density at radius 2 is 1.09 bits per heavy atom. The molecule has 0 saturated heterocycles. The second-order valence-corrected chi connectivity index (χ2v) is 5.16. The second kappa shape index (κ2) is 5.81. The number of hydrogen-bond donors (Lipinski definition) is 4. The zero-order valence-corrected chi connectivity index (χ0v) is 12.3. The first kappa shape index (κ1) is 14.6. The summed E-state index contributed by atoms with van der Waals surface area (Å²) >= 11 is 0. The third-order valence-corrected chi connectivity index (χ3v) is 3.55. The Bertz CT molecular complexity index is 783. The van der Waals surface area contributed by atoms with E-state index in [4.69, 9.17) is 11.5 Å². The highest BCUT2D eigenvalue weighted by atomic mass is 16.3. The van der Waals surface area contributed by atoms with Gasteiger partial charge in [0.15, 0.2) is 0 Å². The minimum atomic E-state index is 0.0342. The van der Waals surface area contributed by atoms with E-state index in [9.17, 15) is 10.2 Å². The summed E-state index contributed by atoms with van der Waals surface area (Å²) in [6, 6.07) is 19.7. The molecule has 0 aliphatic carbocycles. The normalized spacial score (nSPS) is 10.4. The van der Waals surface area contributed by atoms with Crippen molar-refractivity contribution in [2.75, 3.05) is 16.4 Å². The van der Waals surface area contributed by atoms with Gasteiger partial charge in [-0.25, -0.2) is 0 Å². The molecule has 23 heavy (non-hydrogen) atoms. The van der Waals surface area contributed by atoms with Crippen LogP contribution in [0.2, 0.25) is 0 Å². The molecular formula is C18H17N3O2. The summed E-state index contributed by atoms with van der Waals surface area (Å²) in [6.07, 6.45) is 0. The van der Waals surface area contributed by atoms with Crippen molar-refractivity contribution in [1.82, 2.24) is 0 Å². The molecule has 0 radical (unpaired) electrons. The fourth-order valence-electron chi connectivity index (χ4n) is 2.39. The molecule has 0 unspecified atom stereocenters. The number of hydrogen-bond acceptors (Lipinski definition) is 5. The largest absolute Gasteiger partial charge is 0.506 e. The zero-order valence-electron chi connectivity index (χ0n) is 12.3. The van der Waals surface area contributed by atoms with Crippen LogP contribution in [0.25, 0.3) is 0 Å². The van der Waals surface area contributed by atoms with E-state index in [-0.39, 0.29) is 22.9 Å². The molecule has 0 bridgehead atoms. The predicted molar refractivity (Wildman–Crippen MR) is 93.3 cm³/mol. The number of benzene rings is 3. The van der Waals surface area contributed by atoms with Crippen LogP contribution in [0.4, 0.5) is 28.4 Å². The molecule has 0 aromatic heterocycles. The molecule has 3 rings (SSSR count). The summed E-state index contributed by atoms with van der Waals surface area (Å²) in [5.74, 6) is 0.0685. The number of aromatic hydroxyl groups is 2. The molecule has 0 aliphatic rings. The average molecular weight is 307 g/mol. The highest BCUT2D eigenvalue weighted by Crippen LogP contribution is 2.38. The second-order valence-electron chi connectivity index (χ2n) is 5.16. The van der Waals surface area contributed by atoms with Crippen molar-refractivity contribution in [3.63, 3.8) is 0 Å². The molecule has 0 saturated carbocycles. The van der Waals surface area contributed by atoms with Gasteiger partial charge in [0, 0.05) is 17.1 Å². The monoisotopic (exact) mass is 307 g/mol. The first-order valence-corrected chi connectivity index (χ1v) is 7.08. The SMILES string of the molecule is Nc1cc(N(c2ccccc2)c2ccc(O)c(N)c2)ccc1O. The topological polar surface area (TPSA) is 95.7 Å². The summed E-state index contributed by atoms with van der Waals surface area (Å²) in [4.78, 5) is 1.94. The van der Waals surface area contributed by atoms with Crippen LogP contribution in [0.15, 0.2) is 66.7 Å². The van der Waals surface area contributed by atoms with Crippen molar-refractivity contribution >= 4 is 28.4 Å². The van der Waals surface area contributed by atoms with Gasteiger partial charge in [-0.05, 0) is 48.5 Å². The first-order valence-electron chi connectivity index (χ1n) is 7.08. The molecule has 5 nitrogen and oxygen atoms in total. The van der Waals surface area contributed by atoms with Crippen LogP contribution in [-0.4, -0.2) is 10.2 Å². The van der Waals surface area contributed by atoms with Crippen LogP contribution in [-0.2, 0) is 0 Å². The standard InChI is InChI=1S/C18H17N3O2/c19-15-10-13(6-8-17(15)22)21(12-4-2-1-3-5-12)14-7-9-18(23)16(20)11-14/h1-11,22-23H,19-20H2. The molecule has 3 aromatic carbocycles. The summed E-state index contributed by atoms with van der Waals surface area (Å²) in [5, 5.41) is 19.3. The van der Waals surface area contributed by atoms with E-state index in [1.54, 1.807) is 36.4 Å². The van der Waals surface area contributed by atoms with E-state index in [0.717, 1.165) is 17.1 Å². The molecule has 0 atom stereocenters. The van der Waals surface area contributed by atoms with Crippen LogP contribution in [0.5, 0.6) is 11.5 Å². The molecule has 0 fully saturated rings. The van der Waals surface area contributed by atoms with Gasteiger partial charge in [0.1, 0.15) is 11.5 Å². The van der Waals surface area contributed by atoms with E-state index >= 15 is 0 Å². The zero-order chi connectivity index (χ0) is 16.4. The number of nitrogens with two attached hydrogens (primary N) is 2. The number of nitrogen functional groups attached to an aromatic ring is 2. The number of phenolic OH excluding ortho intramolecular Hbond substituents is 2. The van der Waals surface area contributed by atoms with Crippen LogP contribution >= 0.6 is 0 Å². The van der Waals surface area contributed by atoms with Gasteiger partial charge in [0.05, 0.1) is 11.4 Å². The van der Waals surface area contributed by atoms with Crippen molar-refractivity contribution in [2.24, 2.45) is 0 Å². The summed E-state index contributed by atoms with van der Waals surface area (Å²) in [7, 11) is 0. The van der Waals surface area contributed by atoms with E-state index in [1.165, 1.54) is 0 Å². The quantitative estimate of drug-likeness (QED) is 0.437. The Morgan fingerprint density at radius 1 is 0.609 bits per heavy atom. The molecule has 3 aromatic rings. The Hall–Kier alpha value is -3.34. The Labute approximate surface area is 134 Å². The summed E-state index contributed by atoms with van der Waals surface area (Å²) < 4.78 is 0. The van der Waals surface area contributed by atoms with Crippen molar-refractivity contribution < 1.29 is 10.2 Å². The van der Waals surface area contributed by atoms with Crippen LogP contribution in [0, 0.1) is 0 Å².